The molecule has 144 valence electrons. The number of thioether (sulfide) groups is 1. The molecular weight excluding hydrogens is 368 g/mol. The van der Waals surface area contributed by atoms with Gasteiger partial charge in [0, 0.05) is 31.5 Å². The summed E-state index contributed by atoms with van der Waals surface area (Å²) in [5, 5.41) is 3.80. The third-order valence-corrected chi connectivity index (χ3v) is 6.01. The standard InChI is InChI=1S/C22H24N4OS/c1-25-20(17-7-3-2-4-8-17)15-23-22(25)28-16-21(27)24-18-9-11-19(12-10-18)26-13-5-6-14-26/h2-4,7-12,15H,5-6,13-14,16H2,1H3,(H,24,27). The van der Waals surface area contributed by atoms with Crippen LogP contribution in [-0.4, -0.2) is 34.3 Å². The molecule has 0 saturated carbocycles. The van der Waals surface area contributed by atoms with E-state index in [2.05, 4.69) is 39.5 Å². The van der Waals surface area contributed by atoms with Gasteiger partial charge < -0.3 is 14.8 Å². The van der Waals surface area contributed by atoms with E-state index >= 15 is 0 Å². The summed E-state index contributed by atoms with van der Waals surface area (Å²) in [5.74, 6) is 0.302. The van der Waals surface area contributed by atoms with E-state index in [1.165, 1.54) is 30.3 Å². The second-order valence-corrected chi connectivity index (χ2v) is 7.87. The van der Waals surface area contributed by atoms with E-state index in [0.717, 1.165) is 35.2 Å². The van der Waals surface area contributed by atoms with Crippen LogP contribution in [0.2, 0.25) is 0 Å². The lowest BCUT2D eigenvalue weighted by Gasteiger charge is -2.17. The fourth-order valence-electron chi connectivity index (χ4n) is 3.46. The zero-order chi connectivity index (χ0) is 19.3. The minimum Gasteiger partial charge on any atom is -0.372 e. The van der Waals surface area contributed by atoms with Gasteiger partial charge in [-0.15, -0.1) is 0 Å². The number of benzene rings is 2. The number of nitrogens with zero attached hydrogens (tertiary/aromatic N) is 3. The van der Waals surface area contributed by atoms with Gasteiger partial charge in [-0.3, -0.25) is 4.79 Å². The first-order chi connectivity index (χ1) is 13.7. The van der Waals surface area contributed by atoms with E-state index < -0.39 is 0 Å². The Morgan fingerprint density at radius 1 is 1.07 bits per heavy atom. The van der Waals surface area contributed by atoms with Crippen molar-refractivity contribution in [1.29, 1.82) is 0 Å². The van der Waals surface area contributed by atoms with Gasteiger partial charge in [0.25, 0.3) is 0 Å². The number of imidazole rings is 1. The fourth-order valence-corrected chi connectivity index (χ4v) is 4.21. The molecule has 2 aromatic carbocycles. The van der Waals surface area contributed by atoms with Crippen LogP contribution in [0.25, 0.3) is 11.3 Å². The second-order valence-electron chi connectivity index (χ2n) is 6.93. The Balaban J connectivity index is 1.33. The van der Waals surface area contributed by atoms with Gasteiger partial charge in [-0.1, -0.05) is 42.1 Å². The number of aromatic nitrogens is 2. The molecule has 28 heavy (non-hydrogen) atoms. The molecule has 2 heterocycles. The molecule has 1 N–H and O–H groups in total. The number of hydrogen-bond acceptors (Lipinski definition) is 4. The number of carbonyl (C=O) groups excluding carboxylic acids is 1. The molecule has 1 aliphatic rings. The number of hydrogen-bond donors (Lipinski definition) is 1. The van der Waals surface area contributed by atoms with E-state index in [1.54, 1.807) is 0 Å². The molecule has 6 heteroatoms. The molecule has 0 unspecified atom stereocenters. The summed E-state index contributed by atoms with van der Waals surface area (Å²) in [6.45, 7) is 2.24. The predicted octanol–water partition coefficient (Wildman–Crippen LogP) is 4.42. The lowest BCUT2D eigenvalue weighted by atomic mass is 10.2. The minimum atomic E-state index is -0.0248. The van der Waals surface area contributed by atoms with Crippen LogP contribution in [0.15, 0.2) is 66.0 Å². The molecule has 0 atom stereocenters. The number of anilines is 2. The summed E-state index contributed by atoms with van der Waals surface area (Å²) >= 11 is 1.45. The summed E-state index contributed by atoms with van der Waals surface area (Å²) in [6, 6.07) is 18.3. The summed E-state index contributed by atoms with van der Waals surface area (Å²) in [7, 11) is 1.98. The van der Waals surface area contributed by atoms with Gasteiger partial charge in [0.15, 0.2) is 5.16 Å². The maximum absolute atomic E-state index is 12.3. The van der Waals surface area contributed by atoms with Crippen molar-refractivity contribution in [2.75, 3.05) is 29.1 Å². The average Bonchev–Trinajstić information content (AvgIpc) is 3.38. The van der Waals surface area contributed by atoms with Gasteiger partial charge in [0.05, 0.1) is 17.6 Å². The number of carbonyl (C=O) groups is 1. The summed E-state index contributed by atoms with van der Waals surface area (Å²) in [4.78, 5) is 19.2. The molecule has 0 bridgehead atoms. The van der Waals surface area contributed by atoms with E-state index in [4.69, 9.17) is 0 Å². The van der Waals surface area contributed by atoms with Gasteiger partial charge in [-0.2, -0.15) is 0 Å². The molecule has 1 amide bonds. The average molecular weight is 393 g/mol. The quantitative estimate of drug-likeness (QED) is 0.631. The summed E-state index contributed by atoms with van der Waals surface area (Å²) in [5.41, 5.74) is 4.22. The first kappa shape index (κ1) is 18.6. The van der Waals surface area contributed by atoms with Crippen LogP contribution >= 0.6 is 11.8 Å². The van der Waals surface area contributed by atoms with E-state index in [9.17, 15) is 4.79 Å². The van der Waals surface area contributed by atoms with Crippen LogP contribution in [-0.2, 0) is 11.8 Å². The topological polar surface area (TPSA) is 50.2 Å². The zero-order valence-electron chi connectivity index (χ0n) is 16.0. The molecule has 4 rings (SSSR count). The zero-order valence-corrected chi connectivity index (χ0v) is 16.8. The molecule has 1 saturated heterocycles. The highest BCUT2D eigenvalue weighted by molar-refractivity contribution is 7.99. The van der Waals surface area contributed by atoms with Crippen molar-refractivity contribution >= 4 is 29.0 Å². The second kappa shape index (κ2) is 8.52. The van der Waals surface area contributed by atoms with Gasteiger partial charge in [0.1, 0.15) is 0 Å². The highest BCUT2D eigenvalue weighted by Gasteiger charge is 2.13. The number of nitrogens with one attached hydrogen (secondary N) is 1. The van der Waals surface area contributed by atoms with Crippen molar-refractivity contribution in [2.24, 2.45) is 7.05 Å². The lowest BCUT2D eigenvalue weighted by molar-refractivity contribution is -0.113. The van der Waals surface area contributed by atoms with Gasteiger partial charge in [-0.25, -0.2) is 4.98 Å². The molecule has 1 aliphatic heterocycles. The fraction of sp³-hybridized carbons (Fsp3) is 0.273. The highest BCUT2D eigenvalue weighted by atomic mass is 32.2. The lowest BCUT2D eigenvalue weighted by Crippen LogP contribution is -2.18. The van der Waals surface area contributed by atoms with E-state index in [-0.39, 0.29) is 5.91 Å². The Labute approximate surface area is 169 Å². The van der Waals surface area contributed by atoms with Crippen LogP contribution in [0.4, 0.5) is 11.4 Å². The molecule has 5 nitrogen and oxygen atoms in total. The molecule has 3 aromatic rings. The minimum absolute atomic E-state index is 0.0248. The highest BCUT2D eigenvalue weighted by Crippen LogP contribution is 2.25. The van der Waals surface area contributed by atoms with Gasteiger partial charge in [0.2, 0.25) is 5.91 Å². The van der Waals surface area contributed by atoms with Gasteiger partial charge >= 0.3 is 0 Å². The first-order valence-electron chi connectivity index (χ1n) is 9.55. The molecular formula is C22H24N4OS. The normalized spacial score (nSPS) is 13.7. The summed E-state index contributed by atoms with van der Waals surface area (Å²) in [6.07, 6.45) is 4.37. The molecule has 0 radical (unpaired) electrons. The van der Waals surface area contributed by atoms with Crippen molar-refractivity contribution in [1.82, 2.24) is 9.55 Å². The Hall–Kier alpha value is -2.73. The smallest absolute Gasteiger partial charge is 0.234 e. The van der Waals surface area contributed by atoms with Gasteiger partial charge in [-0.05, 0) is 42.7 Å². The van der Waals surface area contributed by atoms with Crippen LogP contribution in [0.5, 0.6) is 0 Å². The largest absolute Gasteiger partial charge is 0.372 e. The molecule has 0 spiro atoms. The first-order valence-corrected chi connectivity index (χ1v) is 10.5. The van der Waals surface area contributed by atoms with Crippen molar-refractivity contribution in [3.63, 3.8) is 0 Å². The van der Waals surface area contributed by atoms with Crippen LogP contribution in [0.1, 0.15) is 12.8 Å². The third kappa shape index (κ3) is 4.22. The van der Waals surface area contributed by atoms with Crippen molar-refractivity contribution < 1.29 is 4.79 Å². The van der Waals surface area contributed by atoms with Crippen LogP contribution in [0, 0.1) is 0 Å². The van der Waals surface area contributed by atoms with E-state index in [1.807, 2.05) is 48.1 Å². The summed E-state index contributed by atoms with van der Waals surface area (Å²) < 4.78 is 2.03. The van der Waals surface area contributed by atoms with Crippen molar-refractivity contribution in [3.05, 3.63) is 60.8 Å². The third-order valence-electron chi connectivity index (χ3n) is 4.97. The Bertz CT molecular complexity index is 931. The van der Waals surface area contributed by atoms with Crippen LogP contribution < -0.4 is 10.2 Å². The number of amides is 1. The van der Waals surface area contributed by atoms with Crippen LogP contribution in [0.3, 0.4) is 0 Å². The Kier molecular flexibility index (Phi) is 5.67. The number of rotatable bonds is 6. The Morgan fingerprint density at radius 2 is 1.79 bits per heavy atom. The molecule has 0 aliphatic carbocycles. The Morgan fingerprint density at radius 3 is 2.50 bits per heavy atom. The van der Waals surface area contributed by atoms with Crippen molar-refractivity contribution in [2.45, 2.75) is 18.0 Å². The van der Waals surface area contributed by atoms with E-state index in [0.29, 0.717) is 5.75 Å². The maximum atomic E-state index is 12.3. The molecule has 1 fully saturated rings. The predicted molar refractivity (Wildman–Crippen MR) is 116 cm³/mol. The SMILES string of the molecule is Cn1c(-c2ccccc2)cnc1SCC(=O)Nc1ccc(N2CCCC2)cc1. The van der Waals surface area contributed by atoms with Crippen molar-refractivity contribution in [3.8, 4) is 11.3 Å². The maximum Gasteiger partial charge on any atom is 0.234 e. The monoisotopic (exact) mass is 392 g/mol. The molecule has 1 aromatic heterocycles.